The first-order chi connectivity index (χ1) is 17.2. The first-order valence-corrected chi connectivity index (χ1v) is 11.9. The molecule has 182 valence electrons. The van der Waals surface area contributed by atoms with Crippen LogP contribution in [-0.2, 0) is 14.4 Å². The molecule has 1 aliphatic heterocycles. The van der Waals surface area contributed by atoms with Gasteiger partial charge in [0, 0.05) is 10.2 Å². The number of halogens is 3. The van der Waals surface area contributed by atoms with Crippen LogP contribution >= 0.6 is 39.1 Å². The number of nitrogens with zero attached hydrogens (tertiary/aromatic N) is 1. The minimum atomic E-state index is -0.827. The van der Waals surface area contributed by atoms with Gasteiger partial charge in [0.05, 0.1) is 15.7 Å². The maximum absolute atomic E-state index is 12.9. The quantitative estimate of drug-likeness (QED) is 0.295. The number of hydrogen-bond donors (Lipinski definition) is 2. The number of benzene rings is 3. The fraction of sp³-hybridized carbons (Fsp3) is 0.0400. The Kier molecular flexibility index (Phi) is 7.73. The molecular formula is C25H16BrCl2N3O5. The highest BCUT2D eigenvalue weighted by Gasteiger charge is 2.36. The average molecular weight is 589 g/mol. The predicted molar refractivity (Wildman–Crippen MR) is 140 cm³/mol. The Morgan fingerprint density at radius 3 is 2.33 bits per heavy atom. The van der Waals surface area contributed by atoms with Crippen LogP contribution in [0, 0.1) is 0 Å². The second-order valence-electron chi connectivity index (χ2n) is 7.47. The average Bonchev–Trinajstić information content (AvgIpc) is 2.84. The lowest BCUT2D eigenvalue weighted by atomic mass is 10.1. The number of imide groups is 2. The summed E-state index contributed by atoms with van der Waals surface area (Å²) in [6, 6.07) is 16.8. The standard InChI is InChI=1S/C25H16BrCl2N3O5/c26-15-3-6-17(7-4-15)31-24(34)19(23(33)30-25(31)35)11-14-1-8-18(9-2-14)36-13-22(32)29-16-5-10-20(27)21(28)12-16/h1-12H,13H2,(H,29,32)(H,30,33,35)/b19-11+. The molecule has 4 rings (SSSR count). The zero-order chi connectivity index (χ0) is 25.8. The smallest absolute Gasteiger partial charge is 0.335 e. The largest absolute Gasteiger partial charge is 0.484 e. The molecule has 3 aromatic carbocycles. The molecule has 0 aromatic heterocycles. The van der Waals surface area contributed by atoms with Crippen LogP contribution in [0.15, 0.2) is 76.8 Å². The van der Waals surface area contributed by atoms with Crippen molar-refractivity contribution in [2.24, 2.45) is 0 Å². The van der Waals surface area contributed by atoms with Gasteiger partial charge < -0.3 is 10.1 Å². The number of anilines is 2. The summed E-state index contributed by atoms with van der Waals surface area (Å²) in [6.07, 6.45) is 1.37. The molecule has 1 heterocycles. The molecule has 0 radical (unpaired) electrons. The molecule has 3 aromatic rings. The van der Waals surface area contributed by atoms with Crippen molar-refractivity contribution in [2.45, 2.75) is 0 Å². The third kappa shape index (κ3) is 5.93. The number of ether oxygens (including phenoxy) is 1. The lowest BCUT2D eigenvalue weighted by molar-refractivity contribution is -0.122. The van der Waals surface area contributed by atoms with E-state index >= 15 is 0 Å². The molecule has 0 aliphatic carbocycles. The lowest BCUT2D eigenvalue weighted by Gasteiger charge is -2.26. The molecule has 1 saturated heterocycles. The molecule has 0 bridgehead atoms. The van der Waals surface area contributed by atoms with Crippen molar-refractivity contribution < 1.29 is 23.9 Å². The van der Waals surface area contributed by atoms with E-state index < -0.39 is 23.8 Å². The van der Waals surface area contributed by atoms with Crippen LogP contribution in [0.2, 0.25) is 10.0 Å². The van der Waals surface area contributed by atoms with Crippen molar-refractivity contribution in [3.05, 3.63) is 92.4 Å². The summed E-state index contributed by atoms with van der Waals surface area (Å²) < 4.78 is 6.26. The van der Waals surface area contributed by atoms with Gasteiger partial charge in [-0.15, -0.1) is 0 Å². The molecule has 0 spiro atoms. The number of hydrogen-bond acceptors (Lipinski definition) is 5. The molecule has 36 heavy (non-hydrogen) atoms. The minimum absolute atomic E-state index is 0.202. The van der Waals surface area contributed by atoms with Crippen LogP contribution in [-0.4, -0.2) is 30.4 Å². The summed E-state index contributed by atoms with van der Waals surface area (Å²) in [4.78, 5) is 50.6. The van der Waals surface area contributed by atoms with Gasteiger partial charge in [-0.2, -0.15) is 0 Å². The van der Waals surface area contributed by atoms with Gasteiger partial charge in [-0.05, 0) is 66.2 Å². The van der Waals surface area contributed by atoms with Crippen LogP contribution in [0.5, 0.6) is 5.75 Å². The van der Waals surface area contributed by atoms with E-state index in [2.05, 4.69) is 26.6 Å². The Bertz CT molecular complexity index is 1390. The molecule has 1 aliphatic rings. The zero-order valence-corrected chi connectivity index (χ0v) is 21.4. The van der Waals surface area contributed by atoms with Crippen molar-refractivity contribution >= 4 is 80.3 Å². The van der Waals surface area contributed by atoms with Crippen molar-refractivity contribution in [3.8, 4) is 5.75 Å². The van der Waals surface area contributed by atoms with Gasteiger partial charge in [0.2, 0.25) is 0 Å². The summed E-state index contributed by atoms with van der Waals surface area (Å²) in [5.74, 6) is -1.54. The number of nitrogens with one attached hydrogen (secondary N) is 2. The molecule has 0 atom stereocenters. The number of carbonyl (C=O) groups excluding carboxylic acids is 4. The lowest BCUT2D eigenvalue weighted by Crippen LogP contribution is -2.54. The van der Waals surface area contributed by atoms with E-state index in [1.165, 1.54) is 12.1 Å². The van der Waals surface area contributed by atoms with Gasteiger partial charge in [0.15, 0.2) is 6.61 Å². The third-order valence-electron chi connectivity index (χ3n) is 4.95. The van der Waals surface area contributed by atoms with Crippen LogP contribution in [0.4, 0.5) is 16.2 Å². The van der Waals surface area contributed by atoms with E-state index in [9.17, 15) is 19.2 Å². The molecule has 8 nitrogen and oxygen atoms in total. The summed E-state index contributed by atoms with van der Waals surface area (Å²) in [6.45, 7) is -0.258. The molecule has 2 N–H and O–H groups in total. The molecule has 5 amide bonds. The molecule has 11 heteroatoms. The molecule has 0 unspecified atom stereocenters. The molecule has 1 fully saturated rings. The van der Waals surface area contributed by atoms with Gasteiger partial charge in [-0.1, -0.05) is 51.3 Å². The van der Waals surface area contributed by atoms with Crippen molar-refractivity contribution in [1.29, 1.82) is 0 Å². The van der Waals surface area contributed by atoms with Gasteiger partial charge in [0.1, 0.15) is 11.3 Å². The Balaban J connectivity index is 1.42. The number of rotatable bonds is 6. The van der Waals surface area contributed by atoms with Crippen molar-refractivity contribution in [3.63, 3.8) is 0 Å². The predicted octanol–water partition coefficient (Wildman–Crippen LogP) is 5.44. The van der Waals surface area contributed by atoms with E-state index in [-0.39, 0.29) is 12.2 Å². The van der Waals surface area contributed by atoms with Gasteiger partial charge in [-0.3, -0.25) is 19.7 Å². The van der Waals surface area contributed by atoms with Gasteiger partial charge in [0.25, 0.3) is 17.7 Å². The highest BCUT2D eigenvalue weighted by atomic mass is 79.9. The summed E-state index contributed by atoms with van der Waals surface area (Å²) in [5, 5.41) is 5.51. The highest BCUT2D eigenvalue weighted by Crippen LogP contribution is 2.26. The van der Waals surface area contributed by atoms with E-state index in [1.807, 2.05) is 0 Å². The van der Waals surface area contributed by atoms with Gasteiger partial charge in [-0.25, -0.2) is 9.69 Å². The fourth-order valence-electron chi connectivity index (χ4n) is 3.23. The van der Waals surface area contributed by atoms with E-state index in [0.29, 0.717) is 32.7 Å². The van der Waals surface area contributed by atoms with Crippen LogP contribution < -0.4 is 20.3 Å². The summed E-state index contributed by atoms with van der Waals surface area (Å²) >= 11 is 15.1. The minimum Gasteiger partial charge on any atom is -0.484 e. The van der Waals surface area contributed by atoms with Crippen LogP contribution in [0.1, 0.15) is 5.56 Å². The fourth-order valence-corrected chi connectivity index (χ4v) is 3.79. The van der Waals surface area contributed by atoms with E-state index in [0.717, 1.165) is 9.37 Å². The molecular weight excluding hydrogens is 573 g/mol. The van der Waals surface area contributed by atoms with Gasteiger partial charge >= 0.3 is 6.03 Å². The topological polar surface area (TPSA) is 105 Å². The Morgan fingerprint density at radius 1 is 0.972 bits per heavy atom. The number of amides is 5. The Hall–Kier alpha value is -3.66. The third-order valence-corrected chi connectivity index (χ3v) is 6.22. The zero-order valence-electron chi connectivity index (χ0n) is 18.3. The Labute approximate surface area is 223 Å². The Morgan fingerprint density at radius 2 is 1.67 bits per heavy atom. The first kappa shape index (κ1) is 25.4. The summed E-state index contributed by atoms with van der Waals surface area (Å²) in [7, 11) is 0. The first-order valence-electron chi connectivity index (χ1n) is 10.4. The number of barbiturate groups is 1. The maximum atomic E-state index is 12.9. The van der Waals surface area contributed by atoms with Crippen LogP contribution in [0.3, 0.4) is 0 Å². The number of carbonyl (C=O) groups is 4. The number of urea groups is 1. The van der Waals surface area contributed by atoms with Crippen molar-refractivity contribution in [2.75, 3.05) is 16.8 Å². The van der Waals surface area contributed by atoms with Crippen molar-refractivity contribution in [1.82, 2.24) is 5.32 Å². The second kappa shape index (κ2) is 10.9. The highest BCUT2D eigenvalue weighted by molar-refractivity contribution is 9.10. The van der Waals surface area contributed by atoms with E-state index in [1.54, 1.807) is 60.7 Å². The SMILES string of the molecule is O=C(COc1ccc(/C=C2\C(=O)NC(=O)N(c3ccc(Br)cc3)C2=O)cc1)Nc1ccc(Cl)c(Cl)c1. The molecule has 0 saturated carbocycles. The maximum Gasteiger partial charge on any atom is 0.335 e. The van der Waals surface area contributed by atoms with Crippen LogP contribution in [0.25, 0.3) is 6.08 Å². The normalized spacial score (nSPS) is 14.6. The second-order valence-corrected chi connectivity index (χ2v) is 9.20. The monoisotopic (exact) mass is 587 g/mol. The summed E-state index contributed by atoms with van der Waals surface area (Å²) in [5.41, 5.74) is 1.12. The van der Waals surface area contributed by atoms with E-state index in [4.69, 9.17) is 27.9 Å².